The van der Waals surface area contributed by atoms with Gasteiger partial charge in [-0.15, -0.1) is 11.3 Å². The number of rotatable bonds is 5. The van der Waals surface area contributed by atoms with Gasteiger partial charge in [0.2, 0.25) is 11.8 Å². The lowest BCUT2D eigenvalue weighted by Crippen LogP contribution is -2.53. The predicted molar refractivity (Wildman–Crippen MR) is 136 cm³/mol. The van der Waals surface area contributed by atoms with Crippen LogP contribution in [-0.4, -0.2) is 49.9 Å². The van der Waals surface area contributed by atoms with E-state index in [9.17, 15) is 14.4 Å². The van der Waals surface area contributed by atoms with E-state index in [2.05, 4.69) is 18.8 Å². The zero-order valence-corrected chi connectivity index (χ0v) is 22.4. The third kappa shape index (κ3) is 6.02. The summed E-state index contributed by atoms with van der Waals surface area (Å²) in [6.45, 7) is 8.33. The van der Waals surface area contributed by atoms with Crippen molar-refractivity contribution in [2.45, 2.75) is 72.3 Å². The van der Waals surface area contributed by atoms with Gasteiger partial charge in [0.25, 0.3) is 0 Å². The van der Waals surface area contributed by atoms with Crippen LogP contribution in [0.4, 0.5) is 5.69 Å². The number of carbonyl (C=O) groups excluding carboxylic acids is 3. The second-order valence-electron chi connectivity index (χ2n) is 11.0. The van der Waals surface area contributed by atoms with Crippen molar-refractivity contribution in [3.8, 4) is 11.8 Å². The molecule has 1 heterocycles. The molecule has 0 aliphatic heterocycles. The quantitative estimate of drug-likeness (QED) is 0.436. The molecule has 0 radical (unpaired) electrons. The summed E-state index contributed by atoms with van der Waals surface area (Å²) in [6, 6.07) is 1.75. The molecule has 34 heavy (non-hydrogen) atoms. The highest BCUT2D eigenvalue weighted by atomic mass is 32.1. The number of carbonyl (C=O) groups is 3. The summed E-state index contributed by atoms with van der Waals surface area (Å²) in [5.41, 5.74) is 0.400. The summed E-state index contributed by atoms with van der Waals surface area (Å²) in [7, 11) is 4.88. The van der Waals surface area contributed by atoms with E-state index in [0.717, 1.165) is 30.6 Å². The van der Waals surface area contributed by atoms with E-state index in [4.69, 9.17) is 4.74 Å². The van der Waals surface area contributed by atoms with Gasteiger partial charge in [-0.05, 0) is 71.3 Å². The van der Waals surface area contributed by atoms with Gasteiger partial charge in [-0.3, -0.25) is 9.59 Å². The summed E-state index contributed by atoms with van der Waals surface area (Å²) < 4.78 is 5.07. The standard InChI is InChI=1S/C27H38N2O4S/c1-17-8-10-18(11-9-17)25(31)29(20-14-19(15-20)24(30)28(5)6)22-16-21(12-13-27(2,3)4)34-23(22)26(32)33-7/h16-20H,8-11,14-15H2,1-7H3/t17-,18-,19?,20?. The first-order valence-corrected chi connectivity index (χ1v) is 13.0. The molecule has 0 bridgehead atoms. The molecule has 2 saturated carbocycles. The fraction of sp³-hybridized carbons (Fsp3) is 0.667. The second kappa shape index (κ2) is 10.5. The monoisotopic (exact) mass is 486 g/mol. The molecule has 2 amide bonds. The molecule has 0 aromatic carbocycles. The van der Waals surface area contributed by atoms with E-state index < -0.39 is 5.97 Å². The molecule has 3 rings (SSSR count). The number of hydrogen-bond acceptors (Lipinski definition) is 5. The van der Waals surface area contributed by atoms with Gasteiger partial charge in [-0.1, -0.05) is 18.8 Å². The predicted octanol–water partition coefficient (Wildman–Crippen LogP) is 4.96. The van der Waals surface area contributed by atoms with Crippen molar-refractivity contribution < 1.29 is 19.1 Å². The first-order valence-electron chi connectivity index (χ1n) is 12.2. The second-order valence-corrected chi connectivity index (χ2v) is 12.1. The molecule has 2 aliphatic rings. The Morgan fingerprint density at radius 2 is 1.65 bits per heavy atom. The highest BCUT2D eigenvalue weighted by molar-refractivity contribution is 7.15. The molecule has 1 aromatic rings. The molecule has 186 valence electrons. The topological polar surface area (TPSA) is 66.9 Å². The van der Waals surface area contributed by atoms with E-state index >= 15 is 0 Å². The fourth-order valence-corrected chi connectivity index (χ4v) is 5.60. The zero-order chi connectivity index (χ0) is 25.2. The smallest absolute Gasteiger partial charge is 0.350 e. The van der Waals surface area contributed by atoms with Crippen LogP contribution in [0.2, 0.25) is 0 Å². The molecule has 2 fully saturated rings. The lowest BCUT2D eigenvalue weighted by molar-refractivity contribution is -0.137. The maximum atomic E-state index is 13.9. The first kappa shape index (κ1) is 26.3. The van der Waals surface area contributed by atoms with Crippen LogP contribution in [0.1, 0.15) is 80.8 Å². The minimum absolute atomic E-state index is 0.0608. The van der Waals surface area contributed by atoms with Crippen molar-refractivity contribution in [2.24, 2.45) is 23.2 Å². The van der Waals surface area contributed by atoms with Crippen molar-refractivity contribution in [3.05, 3.63) is 15.8 Å². The van der Waals surface area contributed by atoms with E-state index in [1.165, 1.54) is 18.4 Å². The molecule has 1 aromatic heterocycles. The highest BCUT2D eigenvalue weighted by Gasteiger charge is 2.44. The van der Waals surface area contributed by atoms with E-state index in [1.807, 2.05) is 31.7 Å². The number of thiophene rings is 1. The average Bonchev–Trinajstić information content (AvgIpc) is 3.17. The summed E-state index contributed by atoms with van der Waals surface area (Å²) in [6.07, 6.45) is 4.99. The maximum Gasteiger partial charge on any atom is 0.350 e. The van der Waals surface area contributed by atoms with Crippen molar-refractivity contribution in [1.82, 2.24) is 4.90 Å². The molecular weight excluding hydrogens is 448 g/mol. The van der Waals surface area contributed by atoms with Gasteiger partial charge in [0.05, 0.1) is 17.7 Å². The number of nitrogens with zero attached hydrogens (tertiary/aromatic N) is 2. The van der Waals surface area contributed by atoms with Crippen LogP contribution >= 0.6 is 11.3 Å². The van der Waals surface area contributed by atoms with Gasteiger partial charge in [0, 0.05) is 37.4 Å². The van der Waals surface area contributed by atoms with Gasteiger partial charge in [0.15, 0.2) is 0 Å². The summed E-state index contributed by atoms with van der Waals surface area (Å²) in [4.78, 5) is 43.7. The van der Waals surface area contributed by atoms with Gasteiger partial charge in [0.1, 0.15) is 4.88 Å². The summed E-state index contributed by atoms with van der Waals surface area (Å²) in [5, 5.41) is 0. The minimum Gasteiger partial charge on any atom is -0.465 e. The van der Waals surface area contributed by atoms with E-state index in [0.29, 0.717) is 29.3 Å². The van der Waals surface area contributed by atoms with Crippen LogP contribution in [0.15, 0.2) is 6.07 Å². The fourth-order valence-electron chi connectivity index (χ4n) is 4.67. The van der Waals surface area contributed by atoms with Crippen LogP contribution in [-0.2, 0) is 14.3 Å². The van der Waals surface area contributed by atoms with Crippen molar-refractivity contribution in [3.63, 3.8) is 0 Å². The molecule has 6 nitrogen and oxygen atoms in total. The zero-order valence-electron chi connectivity index (χ0n) is 21.6. The SMILES string of the molecule is COC(=O)c1sc(C#CC(C)(C)C)cc1N(C(=O)[C@H]1CC[C@H](C)CC1)C1CC(C(=O)N(C)C)C1. The van der Waals surface area contributed by atoms with Crippen LogP contribution in [0.3, 0.4) is 0 Å². The van der Waals surface area contributed by atoms with Crippen molar-refractivity contribution in [1.29, 1.82) is 0 Å². The molecule has 0 unspecified atom stereocenters. The Kier molecular flexibility index (Phi) is 8.13. The third-order valence-electron chi connectivity index (χ3n) is 6.77. The Hall–Kier alpha value is -2.33. The van der Waals surface area contributed by atoms with Crippen LogP contribution in [0.5, 0.6) is 0 Å². The van der Waals surface area contributed by atoms with Gasteiger partial charge >= 0.3 is 5.97 Å². The molecule has 0 saturated heterocycles. The largest absolute Gasteiger partial charge is 0.465 e. The molecule has 0 spiro atoms. The Balaban J connectivity index is 1.98. The average molecular weight is 487 g/mol. The molecule has 0 atom stereocenters. The molecule has 2 aliphatic carbocycles. The molecule has 0 N–H and O–H groups in total. The lowest BCUT2D eigenvalue weighted by Gasteiger charge is -2.44. The van der Waals surface area contributed by atoms with Gasteiger partial charge in [-0.2, -0.15) is 0 Å². The Bertz CT molecular complexity index is 980. The number of amides is 2. The van der Waals surface area contributed by atoms with Crippen LogP contribution in [0, 0.1) is 35.0 Å². The molecular formula is C27H38N2O4S. The number of methoxy groups -OCH3 is 1. The highest BCUT2D eigenvalue weighted by Crippen LogP contribution is 2.42. The normalized spacial score (nSPS) is 24.3. The van der Waals surface area contributed by atoms with Gasteiger partial charge in [-0.25, -0.2) is 4.79 Å². The lowest BCUT2D eigenvalue weighted by atomic mass is 9.76. The number of esters is 1. The number of anilines is 1. The summed E-state index contributed by atoms with van der Waals surface area (Å²) in [5.74, 6) is 6.57. The van der Waals surface area contributed by atoms with Crippen LogP contribution < -0.4 is 4.90 Å². The maximum absolute atomic E-state index is 13.9. The van der Waals surface area contributed by atoms with Crippen LogP contribution in [0.25, 0.3) is 0 Å². The molecule has 7 heteroatoms. The summed E-state index contributed by atoms with van der Waals surface area (Å²) >= 11 is 1.27. The van der Waals surface area contributed by atoms with Gasteiger partial charge < -0.3 is 14.5 Å². The van der Waals surface area contributed by atoms with E-state index in [-0.39, 0.29) is 35.1 Å². The number of hydrogen-bond donors (Lipinski definition) is 0. The van der Waals surface area contributed by atoms with Crippen molar-refractivity contribution >= 4 is 34.8 Å². The first-order chi connectivity index (χ1) is 15.9. The van der Waals surface area contributed by atoms with Crippen molar-refractivity contribution in [2.75, 3.05) is 26.1 Å². The van der Waals surface area contributed by atoms with E-state index in [1.54, 1.807) is 19.0 Å². The Labute approximate surface area is 208 Å². The minimum atomic E-state index is -0.459. The Morgan fingerprint density at radius 1 is 1.03 bits per heavy atom. The number of ether oxygens (including phenoxy) is 1. The Morgan fingerprint density at radius 3 is 2.18 bits per heavy atom. The third-order valence-corrected chi connectivity index (χ3v) is 7.79.